The Morgan fingerprint density at radius 3 is 2.50 bits per heavy atom. The fourth-order valence-corrected chi connectivity index (χ4v) is 8.25. The first-order chi connectivity index (χ1) is 15.2. The lowest BCUT2D eigenvalue weighted by molar-refractivity contribution is -0.226. The highest BCUT2D eigenvalue weighted by molar-refractivity contribution is 5.82. The summed E-state index contributed by atoms with van der Waals surface area (Å²) in [6.07, 6.45) is 9.06. The van der Waals surface area contributed by atoms with Crippen molar-refractivity contribution in [3.8, 4) is 0 Å². The molecule has 5 rings (SSSR count). The maximum atomic E-state index is 15.9. The lowest BCUT2D eigenvalue weighted by Crippen LogP contribution is -2.59. The quantitative estimate of drug-likeness (QED) is 0.507. The van der Waals surface area contributed by atoms with Crippen LogP contribution in [0.1, 0.15) is 79.1 Å². The van der Waals surface area contributed by atoms with Crippen molar-refractivity contribution in [3.05, 3.63) is 18.2 Å². The van der Waals surface area contributed by atoms with Crippen LogP contribution in [0.2, 0.25) is 0 Å². The van der Waals surface area contributed by atoms with Gasteiger partial charge in [0.25, 0.3) is 5.92 Å². The van der Waals surface area contributed by atoms with Crippen LogP contribution < -0.4 is 0 Å². The summed E-state index contributed by atoms with van der Waals surface area (Å²) in [4.78, 5) is 13.1. The number of halogens is 3. The van der Waals surface area contributed by atoms with Crippen molar-refractivity contribution in [3.63, 3.8) is 0 Å². The van der Waals surface area contributed by atoms with Crippen LogP contribution in [0.3, 0.4) is 0 Å². The molecule has 1 aromatic heterocycles. The highest BCUT2D eigenvalue weighted by Crippen LogP contribution is 2.69. The molecule has 4 saturated carbocycles. The second-order valence-electron chi connectivity index (χ2n) is 11.0. The Balaban J connectivity index is 0.00000119. The van der Waals surface area contributed by atoms with Gasteiger partial charge in [-0.2, -0.15) is 5.10 Å². The van der Waals surface area contributed by atoms with E-state index in [1.54, 1.807) is 6.92 Å². The maximum Gasteiger partial charge on any atom is 0.254 e. The van der Waals surface area contributed by atoms with Gasteiger partial charge in [0.05, 0.1) is 18.9 Å². The van der Waals surface area contributed by atoms with Crippen molar-refractivity contribution in [2.45, 2.75) is 91.5 Å². The van der Waals surface area contributed by atoms with E-state index in [2.05, 4.69) is 12.0 Å². The molecule has 3 nitrogen and oxygen atoms in total. The first-order valence-corrected chi connectivity index (χ1v) is 12.8. The number of alkyl halides is 2. The molecule has 0 aromatic carbocycles. The number of hydrogen-bond acceptors (Lipinski definition) is 2. The number of carbonyl (C=O) groups excluding carboxylic acids is 1. The Morgan fingerprint density at radius 2 is 1.81 bits per heavy atom. The topological polar surface area (TPSA) is 34.9 Å². The molecule has 8 atom stereocenters. The Bertz CT molecular complexity index is 824. The highest BCUT2D eigenvalue weighted by Gasteiger charge is 2.69. The summed E-state index contributed by atoms with van der Waals surface area (Å²) in [5, 5.41) is 3.84. The molecule has 1 heterocycles. The molecule has 180 valence electrons. The minimum atomic E-state index is -2.84. The standard InChI is InChI=1S/C24H33F3N2O.C2H6/c1-14-3-5-17-15(9-14)4-6-18-19(17)10-24(26,27)23(2)20(18)7-8-21(23)22(30)13-29-12-16(25)11-28-29;1-2/h11-12,14-15,17-21H,3-10,13H2,1-2H3;1-2H3. The molecule has 32 heavy (non-hydrogen) atoms. The number of rotatable bonds is 3. The number of nitrogens with zero attached hydrogens (tertiary/aromatic N) is 2. The average molecular weight is 453 g/mol. The fourth-order valence-electron chi connectivity index (χ4n) is 8.25. The lowest BCUT2D eigenvalue weighted by Gasteiger charge is -2.58. The third kappa shape index (κ3) is 3.73. The fraction of sp³-hybridized carbons (Fsp3) is 0.846. The molecule has 0 spiro atoms. The van der Waals surface area contributed by atoms with E-state index in [-0.39, 0.29) is 30.6 Å². The van der Waals surface area contributed by atoms with Gasteiger partial charge < -0.3 is 0 Å². The zero-order chi connectivity index (χ0) is 23.3. The van der Waals surface area contributed by atoms with Gasteiger partial charge in [0, 0.05) is 17.8 Å². The molecular weight excluding hydrogens is 413 g/mol. The first-order valence-electron chi connectivity index (χ1n) is 12.8. The molecule has 0 N–H and O–H groups in total. The molecular formula is C26H39F3N2O. The Labute approximate surface area is 190 Å². The van der Waals surface area contributed by atoms with Crippen LogP contribution in [0.5, 0.6) is 0 Å². The number of fused-ring (bicyclic) bond motifs is 5. The lowest BCUT2D eigenvalue weighted by atomic mass is 9.48. The smallest absolute Gasteiger partial charge is 0.254 e. The molecule has 0 amide bonds. The van der Waals surface area contributed by atoms with Gasteiger partial charge in [0.1, 0.15) is 0 Å². The van der Waals surface area contributed by atoms with Gasteiger partial charge in [-0.1, -0.05) is 34.1 Å². The van der Waals surface area contributed by atoms with E-state index in [1.807, 2.05) is 13.8 Å². The van der Waals surface area contributed by atoms with Crippen molar-refractivity contribution >= 4 is 5.78 Å². The number of aromatic nitrogens is 2. The Hall–Kier alpha value is -1.33. The molecule has 4 aliphatic rings. The Morgan fingerprint density at radius 1 is 1.09 bits per heavy atom. The molecule has 4 aliphatic carbocycles. The van der Waals surface area contributed by atoms with Crippen molar-refractivity contribution in [1.29, 1.82) is 0 Å². The van der Waals surface area contributed by atoms with E-state index < -0.39 is 23.1 Å². The van der Waals surface area contributed by atoms with E-state index in [9.17, 15) is 9.18 Å². The van der Waals surface area contributed by atoms with E-state index in [0.29, 0.717) is 30.6 Å². The minimum Gasteiger partial charge on any atom is -0.297 e. The predicted octanol–water partition coefficient (Wildman–Crippen LogP) is 6.77. The van der Waals surface area contributed by atoms with Crippen LogP contribution in [-0.4, -0.2) is 21.5 Å². The van der Waals surface area contributed by atoms with Gasteiger partial charge in [0.15, 0.2) is 11.6 Å². The van der Waals surface area contributed by atoms with Gasteiger partial charge in [-0.05, 0) is 74.0 Å². The van der Waals surface area contributed by atoms with E-state index >= 15 is 8.78 Å². The molecule has 8 unspecified atom stereocenters. The highest BCUT2D eigenvalue weighted by atomic mass is 19.3. The summed E-state index contributed by atoms with van der Waals surface area (Å²) in [7, 11) is 0. The zero-order valence-electron chi connectivity index (χ0n) is 20.0. The van der Waals surface area contributed by atoms with E-state index in [4.69, 9.17) is 0 Å². The molecule has 1 aromatic rings. The van der Waals surface area contributed by atoms with Crippen molar-refractivity contribution in [2.75, 3.05) is 0 Å². The van der Waals surface area contributed by atoms with Gasteiger partial charge >= 0.3 is 0 Å². The Kier molecular flexibility index (Phi) is 6.54. The maximum absolute atomic E-state index is 15.9. The largest absolute Gasteiger partial charge is 0.297 e. The summed E-state index contributed by atoms with van der Waals surface area (Å²) < 4.78 is 46.2. The molecule has 0 saturated heterocycles. The molecule has 6 heteroatoms. The number of ketones is 1. The van der Waals surface area contributed by atoms with Crippen LogP contribution in [-0.2, 0) is 11.3 Å². The van der Waals surface area contributed by atoms with Gasteiger partial charge in [0.2, 0.25) is 0 Å². The summed E-state index contributed by atoms with van der Waals surface area (Å²) in [5.74, 6) is -2.12. The molecule has 0 aliphatic heterocycles. The second kappa shape index (κ2) is 8.79. The van der Waals surface area contributed by atoms with Crippen LogP contribution in [0, 0.1) is 52.7 Å². The van der Waals surface area contributed by atoms with Gasteiger partial charge in [-0.3, -0.25) is 9.48 Å². The van der Waals surface area contributed by atoms with Crippen molar-refractivity contribution in [1.82, 2.24) is 9.78 Å². The normalized spacial score (nSPS) is 42.2. The van der Waals surface area contributed by atoms with Gasteiger partial charge in [-0.25, -0.2) is 13.2 Å². The van der Waals surface area contributed by atoms with E-state index in [1.165, 1.54) is 23.9 Å². The summed E-state index contributed by atoms with van der Waals surface area (Å²) >= 11 is 0. The van der Waals surface area contributed by atoms with Crippen LogP contribution >= 0.6 is 0 Å². The molecule has 0 radical (unpaired) electrons. The third-order valence-electron chi connectivity index (χ3n) is 9.64. The minimum absolute atomic E-state index is 0.0552. The van der Waals surface area contributed by atoms with Crippen LogP contribution in [0.4, 0.5) is 13.2 Å². The third-order valence-corrected chi connectivity index (χ3v) is 9.64. The number of carbonyl (C=O) groups is 1. The number of Topliss-reactive ketones (excluding diaryl/α,β-unsaturated/α-hetero) is 1. The molecule has 4 fully saturated rings. The van der Waals surface area contributed by atoms with Crippen molar-refractivity contribution < 1.29 is 18.0 Å². The monoisotopic (exact) mass is 452 g/mol. The molecule has 0 bridgehead atoms. The zero-order valence-corrected chi connectivity index (χ0v) is 20.0. The van der Waals surface area contributed by atoms with Crippen LogP contribution in [0.25, 0.3) is 0 Å². The van der Waals surface area contributed by atoms with E-state index in [0.717, 1.165) is 31.2 Å². The average Bonchev–Trinajstić information content (AvgIpc) is 3.33. The summed E-state index contributed by atoms with van der Waals surface area (Å²) in [6.45, 7) is 7.86. The van der Waals surface area contributed by atoms with Gasteiger partial charge in [-0.15, -0.1) is 0 Å². The summed E-state index contributed by atoms with van der Waals surface area (Å²) in [5.41, 5.74) is -1.29. The first kappa shape index (κ1) is 23.8. The van der Waals surface area contributed by atoms with Crippen LogP contribution in [0.15, 0.2) is 12.4 Å². The van der Waals surface area contributed by atoms with Crippen molar-refractivity contribution in [2.24, 2.45) is 46.8 Å². The SMILES string of the molecule is CC.CC1CCC2C(CCC3C2CC(F)(F)C2(C)C(C(=O)Cn4cc(F)cn4)CCC32)C1. The second-order valence-corrected chi connectivity index (χ2v) is 11.0. The predicted molar refractivity (Wildman–Crippen MR) is 119 cm³/mol. The summed E-state index contributed by atoms with van der Waals surface area (Å²) in [6, 6.07) is 0. The number of hydrogen-bond donors (Lipinski definition) is 0.